The van der Waals surface area contributed by atoms with Gasteiger partial charge in [-0.25, -0.2) is 4.98 Å². The molecule has 0 unspecified atom stereocenters. The van der Waals surface area contributed by atoms with Crippen molar-refractivity contribution in [3.63, 3.8) is 0 Å². The molecule has 2 aromatic heterocycles. The Hall–Kier alpha value is -1.16. The lowest BCUT2D eigenvalue weighted by Gasteiger charge is -2.00. The van der Waals surface area contributed by atoms with Crippen molar-refractivity contribution in [3.8, 4) is 0 Å². The number of aryl methyl sites for hydroxylation is 2. The average molecular weight is 250 g/mol. The molecule has 3 nitrogen and oxygen atoms in total. The van der Waals surface area contributed by atoms with Gasteiger partial charge in [-0.1, -0.05) is 26.2 Å². The number of nitrogens with one attached hydrogen (secondary N) is 1. The quantitative estimate of drug-likeness (QED) is 0.826. The minimum absolute atomic E-state index is 0.0132. The Morgan fingerprint density at radius 3 is 2.94 bits per heavy atom. The zero-order valence-corrected chi connectivity index (χ0v) is 11.2. The van der Waals surface area contributed by atoms with Gasteiger partial charge in [0.2, 0.25) is 0 Å². The van der Waals surface area contributed by atoms with Gasteiger partial charge < -0.3 is 4.98 Å². The lowest BCUT2D eigenvalue weighted by Crippen LogP contribution is -2.11. The molecular formula is C13H18N2OS. The van der Waals surface area contributed by atoms with Crippen molar-refractivity contribution >= 4 is 21.6 Å². The highest BCUT2D eigenvalue weighted by Gasteiger charge is 2.07. The summed E-state index contributed by atoms with van der Waals surface area (Å²) in [4.78, 5) is 20.2. The summed E-state index contributed by atoms with van der Waals surface area (Å²) in [6, 6.07) is 0. The van der Waals surface area contributed by atoms with Crippen molar-refractivity contribution in [2.75, 3.05) is 0 Å². The van der Waals surface area contributed by atoms with E-state index in [0.29, 0.717) is 0 Å². The molecule has 0 atom stereocenters. The first kappa shape index (κ1) is 12.3. The van der Waals surface area contributed by atoms with E-state index in [2.05, 4.69) is 16.9 Å². The Morgan fingerprint density at radius 2 is 2.18 bits per heavy atom. The zero-order valence-electron chi connectivity index (χ0n) is 10.4. The van der Waals surface area contributed by atoms with Crippen LogP contribution in [0.25, 0.3) is 10.2 Å². The van der Waals surface area contributed by atoms with Crippen molar-refractivity contribution < 1.29 is 0 Å². The molecule has 2 aromatic rings. The molecule has 1 N–H and O–H groups in total. The second-order valence-electron chi connectivity index (χ2n) is 4.42. The van der Waals surface area contributed by atoms with Crippen LogP contribution in [0.5, 0.6) is 0 Å². The van der Waals surface area contributed by atoms with Crippen molar-refractivity contribution in [1.82, 2.24) is 9.97 Å². The standard InChI is InChI=1S/C13H18N2OS/c1-3-4-5-6-7-10-14-12(16)11-9(2)8-17-13(11)15-10/h8H,3-7H2,1-2H3,(H,14,15,16). The van der Waals surface area contributed by atoms with E-state index in [0.717, 1.165) is 34.4 Å². The molecule has 92 valence electrons. The Bertz CT molecular complexity index is 556. The third-order valence-corrected chi connectivity index (χ3v) is 3.93. The first-order valence-corrected chi connectivity index (χ1v) is 7.07. The summed E-state index contributed by atoms with van der Waals surface area (Å²) in [6.45, 7) is 4.15. The number of aromatic nitrogens is 2. The van der Waals surface area contributed by atoms with Gasteiger partial charge in [0.1, 0.15) is 10.7 Å². The van der Waals surface area contributed by atoms with Crippen molar-refractivity contribution in [1.29, 1.82) is 0 Å². The van der Waals surface area contributed by atoms with E-state index in [-0.39, 0.29) is 5.56 Å². The fraction of sp³-hybridized carbons (Fsp3) is 0.538. The third kappa shape index (κ3) is 2.75. The van der Waals surface area contributed by atoms with E-state index in [4.69, 9.17) is 0 Å². The van der Waals surface area contributed by atoms with Gasteiger partial charge >= 0.3 is 0 Å². The van der Waals surface area contributed by atoms with Gasteiger partial charge in [0, 0.05) is 6.42 Å². The molecule has 2 rings (SSSR count). The van der Waals surface area contributed by atoms with E-state index < -0.39 is 0 Å². The normalized spacial score (nSPS) is 11.2. The fourth-order valence-electron chi connectivity index (χ4n) is 1.97. The number of unbranched alkanes of at least 4 members (excludes halogenated alkanes) is 3. The lowest BCUT2D eigenvalue weighted by molar-refractivity contribution is 0.653. The molecule has 0 aliphatic heterocycles. The molecule has 0 radical (unpaired) electrons. The van der Waals surface area contributed by atoms with Gasteiger partial charge in [-0.3, -0.25) is 4.79 Å². The first-order valence-electron chi connectivity index (χ1n) is 6.19. The number of H-pyrrole nitrogens is 1. The highest BCUT2D eigenvalue weighted by Crippen LogP contribution is 2.20. The molecule has 0 aromatic carbocycles. The maximum Gasteiger partial charge on any atom is 0.259 e. The maximum absolute atomic E-state index is 11.9. The number of rotatable bonds is 5. The molecule has 0 fully saturated rings. The molecule has 0 aliphatic carbocycles. The summed E-state index contributed by atoms with van der Waals surface area (Å²) < 4.78 is 0. The molecular weight excluding hydrogens is 232 g/mol. The Labute approximate surface area is 105 Å². The van der Waals surface area contributed by atoms with Crippen molar-refractivity contribution in [3.05, 3.63) is 27.1 Å². The molecule has 0 aliphatic rings. The van der Waals surface area contributed by atoms with Gasteiger partial charge in [-0.2, -0.15) is 0 Å². The monoisotopic (exact) mass is 250 g/mol. The van der Waals surface area contributed by atoms with Crippen LogP contribution in [0.1, 0.15) is 44.0 Å². The Kier molecular flexibility index (Phi) is 3.94. The molecule has 4 heteroatoms. The van der Waals surface area contributed by atoms with Crippen molar-refractivity contribution in [2.45, 2.75) is 46.0 Å². The van der Waals surface area contributed by atoms with Crippen LogP contribution >= 0.6 is 11.3 Å². The number of hydrogen-bond acceptors (Lipinski definition) is 3. The molecule has 0 bridgehead atoms. The Balaban J connectivity index is 2.17. The SMILES string of the molecule is CCCCCCc1nc2scc(C)c2c(=O)[nH]1. The van der Waals surface area contributed by atoms with Crippen LogP contribution < -0.4 is 5.56 Å². The minimum atomic E-state index is 0.0132. The number of fused-ring (bicyclic) bond motifs is 1. The predicted octanol–water partition coefficient (Wildman–Crippen LogP) is 3.42. The second-order valence-corrected chi connectivity index (χ2v) is 5.28. The molecule has 0 spiro atoms. The van der Waals surface area contributed by atoms with Crippen LogP contribution in [0, 0.1) is 6.92 Å². The first-order chi connectivity index (χ1) is 8.22. The number of thiophene rings is 1. The summed E-state index contributed by atoms with van der Waals surface area (Å²) in [5.41, 5.74) is 1.04. The number of nitrogens with zero attached hydrogens (tertiary/aromatic N) is 1. The van der Waals surface area contributed by atoms with E-state index in [1.165, 1.54) is 19.3 Å². The predicted molar refractivity (Wildman–Crippen MR) is 72.8 cm³/mol. The van der Waals surface area contributed by atoms with Gasteiger partial charge in [0.25, 0.3) is 5.56 Å². The summed E-state index contributed by atoms with van der Waals surface area (Å²) in [5.74, 6) is 0.834. The highest BCUT2D eigenvalue weighted by atomic mass is 32.1. The van der Waals surface area contributed by atoms with Gasteiger partial charge in [-0.05, 0) is 24.3 Å². The topological polar surface area (TPSA) is 45.8 Å². The fourth-order valence-corrected chi connectivity index (χ4v) is 2.91. The number of aromatic amines is 1. The van der Waals surface area contributed by atoms with Gasteiger partial charge in [0.15, 0.2) is 0 Å². The molecule has 0 saturated heterocycles. The highest BCUT2D eigenvalue weighted by molar-refractivity contribution is 7.16. The van der Waals surface area contributed by atoms with E-state index in [9.17, 15) is 4.79 Å². The maximum atomic E-state index is 11.9. The Morgan fingerprint density at radius 1 is 1.35 bits per heavy atom. The molecule has 0 amide bonds. The third-order valence-electron chi connectivity index (χ3n) is 2.94. The summed E-state index contributed by atoms with van der Waals surface area (Å²) >= 11 is 1.55. The number of hydrogen-bond donors (Lipinski definition) is 1. The average Bonchev–Trinajstić information content (AvgIpc) is 2.67. The van der Waals surface area contributed by atoms with Crippen LogP contribution in [0.3, 0.4) is 0 Å². The summed E-state index contributed by atoms with van der Waals surface area (Å²) in [7, 11) is 0. The van der Waals surface area contributed by atoms with Gasteiger partial charge in [-0.15, -0.1) is 11.3 Å². The van der Waals surface area contributed by atoms with E-state index in [1.807, 2.05) is 12.3 Å². The molecule has 17 heavy (non-hydrogen) atoms. The zero-order chi connectivity index (χ0) is 12.3. The van der Waals surface area contributed by atoms with Crippen LogP contribution in [-0.4, -0.2) is 9.97 Å². The van der Waals surface area contributed by atoms with Crippen LogP contribution in [0.4, 0.5) is 0 Å². The van der Waals surface area contributed by atoms with Crippen molar-refractivity contribution in [2.24, 2.45) is 0 Å². The largest absolute Gasteiger partial charge is 0.310 e. The second kappa shape index (κ2) is 5.45. The smallest absolute Gasteiger partial charge is 0.259 e. The van der Waals surface area contributed by atoms with E-state index in [1.54, 1.807) is 11.3 Å². The van der Waals surface area contributed by atoms with Gasteiger partial charge in [0.05, 0.1) is 5.39 Å². The molecule has 2 heterocycles. The van der Waals surface area contributed by atoms with Crippen LogP contribution in [0.2, 0.25) is 0 Å². The van der Waals surface area contributed by atoms with E-state index >= 15 is 0 Å². The lowest BCUT2D eigenvalue weighted by atomic mass is 10.1. The minimum Gasteiger partial charge on any atom is -0.310 e. The summed E-state index contributed by atoms with van der Waals surface area (Å²) in [6.07, 6.45) is 5.67. The van der Waals surface area contributed by atoms with Crippen LogP contribution in [-0.2, 0) is 6.42 Å². The summed E-state index contributed by atoms with van der Waals surface area (Å²) in [5, 5.41) is 2.75. The molecule has 0 saturated carbocycles. The van der Waals surface area contributed by atoms with Crippen LogP contribution in [0.15, 0.2) is 10.2 Å².